The molecule has 12 heteroatoms. The fourth-order valence-corrected chi connectivity index (χ4v) is 5.73. The number of amides is 1. The molecule has 0 heterocycles. The summed E-state index contributed by atoms with van der Waals surface area (Å²) < 4.78 is 78.5. The van der Waals surface area contributed by atoms with Gasteiger partial charge in [0.1, 0.15) is 6.04 Å². The van der Waals surface area contributed by atoms with E-state index in [1.165, 1.54) is 35.5 Å². The molecule has 1 unspecified atom stereocenters. The zero-order chi connectivity index (χ0) is 24.3. The molecular weight excluding hydrogens is 464 g/mol. The fraction of sp³-hybridized carbons (Fsp3) is 0.350. The molecule has 2 aromatic carbocycles. The first-order valence-corrected chi connectivity index (χ1v) is 13.0. The molecule has 0 radical (unpaired) electrons. The lowest BCUT2D eigenvalue weighted by molar-refractivity contribution is -0.116. The number of benzene rings is 2. The van der Waals surface area contributed by atoms with Crippen LogP contribution in [0.2, 0.25) is 0 Å². The number of anilines is 2. The molecule has 0 spiro atoms. The van der Waals surface area contributed by atoms with Gasteiger partial charge in [-0.25, -0.2) is 25.6 Å². The second kappa shape index (κ2) is 9.92. The second-order valence-corrected chi connectivity index (χ2v) is 10.7. The first kappa shape index (κ1) is 25.7. The molecule has 1 atom stereocenters. The van der Waals surface area contributed by atoms with E-state index in [0.717, 1.165) is 18.4 Å². The Kier molecular flexibility index (Phi) is 7.97. The smallest absolute Gasteiger partial charge is 0.247 e. The van der Waals surface area contributed by atoms with Gasteiger partial charge in [-0.3, -0.25) is 9.10 Å². The highest BCUT2D eigenvalue weighted by Crippen LogP contribution is 2.24. The molecule has 0 saturated heterocycles. The van der Waals surface area contributed by atoms with Gasteiger partial charge in [0.05, 0.1) is 16.8 Å². The largest absolute Gasteiger partial charge is 0.324 e. The lowest BCUT2D eigenvalue weighted by atomic mass is 10.2. The molecule has 0 aliphatic carbocycles. The van der Waals surface area contributed by atoms with Gasteiger partial charge >= 0.3 is 0 Å². The van der Waals surface area contributed by atoms with Crippen LogP contribution < -0.4 is 9.62 Å². The SMILES string of the molecule is CCN(CC)S(=O)(=O)c1ccc(NC(=O)C(C)N(c2ccc(F)c(F)c2)S(C)(=O)=O)cc1. The van der Waals surface area contributed by atoms with Crippen LogP contribution in [0.4, 0.5) is 20.2 Å². The summed E-state index contributed by atoms with van der Waals surface area (Å²) in [6.45, 7) is 5.34. The number of carbonyl (C=O) groups excluding carboxylic acids is 1. The van der Waals surface area contributed by atoms with Gasteiger partial charge in [0.2, 0.25) is 26.0 Å². The van der Waals surface area contributed by atoms with Crippen molar-refractivity contribution in [3.8, 4) is 0 Å². The van der Waals surface area contributed by atoms with Crippen molar-refractivity contribution in [2.45, 2.75) is 31.7 Å². The Balaban J connectivity index is 2.27. The van der Waals surface area contributed by atoms with E-state index < -0.39 is 43.6 Å². The Morgan fingerprint density at radius 2 is 1.53 bits per heavy atom. The molecule has 0 fully saturated rings. The zero-order valence-electron chi connectivity index (χ0n) is 18.0. The molecule has 0 aliphatic rings. The number of nitrogens with one attached hydrogen (secondary N) is 1. The summed E-state index contributed by atoms with van der Waals surface area (Å²) in [4.78, 5) is 12.7. The zero-order valence-corrected chi connectivity index (χ0v) is 19.7. The number of nitrogens with zero attached hydrogens (tertiary/aromatic N) is 2. The fourth-order valence-electron chi connectivity index (χ4n) is 3.10. The van der Waals surface area contributed by atoms with Crippen molar-refractivity contribution in [3.05, 3.63) is 54.1 Å². The quantitative estimate of drug-likeness (QED) is 0.583. The van der Waals surface area contributed by atoms with Crippen LogP contribution in [0.1, 0.15) is 20.8 Å². The van der Waals surface area contributed by atoms with Crippen LogP contribution in [0.15, 0.2) is 47.4 Å². The highest BCUT2D eigenvalue weighted by atomic mass is 32.2. The third-order valence-corrected chi connectivity index (χ3v) is 8.02. The predicted molar refractivity (Wildman–Crippen MR) is 118 cm³/mol. The minimum Gasteiger partial charge on any atom is -0.324 e. The normalized spacial score (nSPS) is 13.1. The molecular formula is C20H25F2N3O5S2. The Hall–Kier alpha value is -2.57. The molecule has 1 N–H and O–H groups in total. The summed E-state index contributed by atoms with van der Waals surface area (Å²) in [6.07, 6.45) is 0.838. The van der Waals surface area contributed by atoms with Gasteiger partial charge in [-0.15, -0.1) is 0 Å². The third-order valence-electron chi connectivity index (χ3n) is 4.71. The summed E-state index contributed by atoms with van der Waals surface area (Å²) in [7, 11) is -7.70. The molecule has 2 aromatic rings. The molecule has 0 bridgehead atoms. The van der Waals surface area contributed by atoms with E-state index >= 15 is 0 Å². The summed E-state index contributed by atoms with van der Waals surface area (Å²) in [6, 6.07) is 6.61. The summed E-state index contributed by atoms with van der Waals surface area (Å²) in [5.41, 5.74) is 0.0220. The lowest BCUT2D eigenvalue weighted by Gasteiger charge is -2.28. The van der Waals surface area contributed by atoms with Crippen molar-refractivity contribution in [3.63, 3.8) is 0 Å². The number of rotatable bonds is 9. The van der Waals surface area contributed by atoms with E-state index in [4.69, 9.17) is 0 Å². The Morgan fingerprint density at radius 3 is 2.00 bits per heavy atom. The van der Waals surface area contributed by atoms with Gasteiger partial charge in [0.25, 0.3) is 0 Å². The van der Waals surface area contributed by atoms with Crippen LogP contribution >= 0.6 is 0 Å². The van der Waals surface area contributed by atoms with E-state index in [0.29, 0.717) is 23.5 Å². The minimum atomic E-state index is -4.03. The van der Waals surface area contributed by atoms with Crippen LogP contribution in [0.5, 0.6) is 0 Å². The van der Waals surface area contributed by atoms with Crippen molar-refractivity contribution in [2.24, 2.45) is 0 Å². The molecule has 176 valence electrons. The number of halogens is 2. The minimum absolute atomic E-state index is 0.0480. The van der Waals surface area contributed by atoms with Crippen LogP contribution in [-0.2, 0) is 24.8 Å². The second-order valence-electron chi connectivity index (χ2n) is 6.94. The maximum atomic E-state index is 13.6. The maximum Gasteiger partial charge on any atom is 0.247 e. The van der Waals surface area contributed by atoms with E-state index in [2.05, 4.69) is 5.32 Å². The average Bonchev–Trinajstić information content (AvgIpc) is 2.70. The van der Waals surface area contributed by atoms with Gasteiger partial charge in [-0.1, -0.05) is 13.8 Å². The average molecular weight is 490 g/mol. The van der Waals surface area contributed by atoms with E-state index in [9.17, 15) is 30.4 Å². The lowest BCUT2D eigenvalue weighted by Crippen LogP contribution is -2.45. The van der Waals surface area contributed by atoms with Crippen molar-refractivity contribution >= 4 is 37.3 Å². The predicted octanol–water partition coefficient (Wildman–Crippen LogP) is 2.79. The van der Waals surface area contributed by atoms with E-state index in [-0.39, 0.29) is 16.3 Å². The topological polar surface area (TPSA) is 104 Å². The molecule has 0 aliphatic heterocycles. The van der Waals surface area contributed by atoms with Gasteiger partial charge in [0.15, 0.2) is 11.6 Å². The van der Waals surface area contributed by atoms with Crippen LogP contribution in [0.3, 0.4) is 0 Å². The maximum absolute atomic E-state index is 13.6. The van der Waals surface area contributed by atoms with Crippen molar-refractivity contribution in [2.75, 3.05) is 29.0 Å². The van der Waals surface area contributed by atoms with Crippen molar-refractivity contribution in [1.29, 1.82) is 0 Å². The standard InChI is InChI=1S/C20H25F2N3O5S2/c1-5-24(6-2)32(29,30)17-10-7-15(8-11-17)23-20(26)14(3)25(31(4,27)28)16-9-12-18(21)19(22)13-16/h7-14H,5-6H2,1-4H3,(H,23,26). The Labute approximate surface area is 186 Å². The number of hydrogen-bond acceptors (Lipinski definition) is 5. The highest BCUT2D eigenvalue weighted by molar-refractivity contribution is 7.92. The number of sulfonamides is 2. The van der Waals surface area contributed by atoms with Gasteiger partial charge in [-0.2, -0.15) is 4.31 Å². The van der Waals surface area contributed by atoms with Crippen LogP contribution in [0.25, 0.3) is 0 Å². The van der Waals surface area contributed by atoms with Crippen LogP contribution in [0, 0.1) is 11.6 Å². The summed E-state index contributed by atoms with van der Waals surface area (Å²) >= 11 is 0. The van der Waals surface area contributed by atoms with Crippen molar-refractivity contribution < 1.29 is 30.4 Å². The molecule has 0 aromatic heterocycles. The first-order chi connectivity index (χ1) is 14.8. The van der Waals surface area contributed by atoms with E-state index in [1.54, 1.807) is 13.8 Å². The Morgan fingerprint density at radius 1 is 0.969 bits per heavy atom. The molecule has 2 rings (SSSR count). The van der Waals surface area contributed by atoms with Gasteiger partial charge in [0, 0.05) is 24.8 Å². The first-order valence-electron chi connectivity index (χ1n) is 9.68. The molecule has 8 nitrogen and oxygen atoms in total. The molecule has 1 amide bonds. The van der Waals surface area contributed by atoms with Gasteiger partial charge < -0.3 is 5.32 Å². The Bertz CT molecular complexity index is 1180. The molecule has 0 saturated carbocycles. The number of hydrogen-bond donors (Lipinski definition) is 1. The molecule has 32 heavy (non-hydrogen) atoms. The van der Waals surface area contributed by atoms with Gasteiger partial charge in [-0.05, 0) is 43.3 Å². The third kappa shape index (κ3) is 5.61. The number of carbonyl (C=O) groups is 1. The summed E-state index contributed by atoms with van der Waals surface area (Å²) in [5, 5.41) is 2.50. The van der Waals surface area contributed by atoms with Crippen LogP contribution in [-0.4, -0.2) is 52.4 Å². The monoisotopic (exact) mass is 489 g/mol. The highest BCUT2D eigenvalue weighted by Gasteiger charge is 2.30. The van der Waals surface area contributed by atoms with E-state index in [1.807, 2.05) is 0 Å². The van der Waals surface area contributed by atoms with Crippen molar-refractivity contribution in [1.82, 2.24) is 4.31 Å². The summed E-state index contributed by atoms with van der Waals surface area (Å²) in [5.74, 6) is -3.16.